The molecule has 2 N–H and O–H groups in total. The molecule has 1 amide bonds. The Morgan fingerprint density at radius 2 is 1.84 bits per heavy atom. The van der Waals surface area contributed by atoms with Crippen LogP contribution in [0.15, 0.2) is 55.1 Å². The molecule has 25 heavy (non-hydrogen) atoms. The van der Waals surface area contributed by atoms with Crippen LogP contribution in [0.2, 0.25) is 0 Å². The van der Waals surface area contributed by atoms with Gasteiger partial charge in [-0.25, -0.2) is 4.39 Å². The van der Waals surface area contributed by atoms with Gasteiger partial charge in [-0.1, -0.05) is 32.1 Å². The second kappa shape index (κ2) is 7.97. The second-order valence-corrected chi connectivity index (χ2v) is 6.12. The number of amides is 1. The Balaban J connectivity index is 2.23. The standard InChI is InChI=1S/C21H24FNO2/c1-4-13-21(5-2,6-3)16-8-10-17(11-9-16)25-19-12-7-15(20(23)24)14-18(19)22/h4,7-12,14H,1,5-6,13H2,2-3H3,(H2,23,24). The van der Waals surface area contributed by atoms with E-state index in [-0.39, 0.29) is 16.7 Å². The normalized spacial score (nSPS) is 11.2. The van der Waals surface area contributed by atoms with Gasteiger partial charge in [0.1, 0.15) is 5.75 Å². The van der Waals surface area contributed by atoms with Crippen LogP contribution in [-0.2, 0) is 5.41 Å². The van der Waals surface area contributed by atoms with Crippen LogP contribution in [0.1, 0.15) is 49.0 Å². The van der Waals surface area contributed by atoms with Gasteiger partial charge in [0.15, 0.2) is 11.6 Å². The summed E-state index contributed by atoms with van der Waals surface area (Å²) >= 11 is 0. The van der Waals surface area contributed by atoms with Gasteiger partial charge < -0.3 is 10.5 Å². The maximum absolute atomic E-state index is 14.0. The molecular formula is C21H24FNO2. The molecule has 0 heterocycles. The van der Waals surface area contributed by atoms with E-state index in [4.69, 9.17) is 10.5 Å². The van der Waals surface area contributed by atoms with Crippen LogP contribution in [0, 0.1) is 5.82 Å². The average Bonchev–Trinajstić information content (AvgIpc) is 2.62. The van der Waals surface area contributed by atoms with Crippen LogP contribution in [0.5, 0.6) is 11.5 Å². The van der Waals surface area contributed by atoms with E-state index in [0.717, 1.165) is 25.3 Å². The van der Waals surface area contributed by atoms with Gasteiger partial charge in [0.05, 0.1) is 0 Å². The fourth-order valence-corrected chi connectivity index (χ4v) is 3.08. The van der Waals surface area contributed by atoms with Gasteiger partial charge in [-0.15, -0.1) is 6.58 Å². The number of primary amides is 1. The van der Waals surface area contributed by atoms with Crippen LogP contribution >= 0.6 is 0 Å². The molecule has 0 aliphatic carbocycles. The number of hydrogen-bond acceptors (Lipinski definition) is 2. The summed E-state index contributed by atoms with van der Waals surface area (Å²) < 4.78 is 19.6. The average molecular weight is 341 g/mol. The molecule has 3 nitrogen and oxygen atoms in total. The van der Waals surface area contributed by atoms with Crippen LogP contribution in [0.3, 0.4) is 0 Å². The molecule has 2 aromatic carbocycles. The highest BCUT2D eigenvalue weighted by molar-refractivity contribution is 5.92. The number of carbonyl (C=O) groups excluding carboxylic acids is 1. The molecule has 0 saturated carbocycles. The summed E-state index contributed by atoms with van der Waals surface area (Å²) in [6.45, 7) is 8.22. The van der Waals surface area contributed by atoms with E-state index in [1.165, 1.54) is 17.7 Å². The number of benzene rings is 2. The summed E-state index contributed by atoms with van der Waals surface area (Å²) in [7, 11) is 0. The molecule has 0 spiro atoms. The van der Waals surface area contributed by atoms with Crippen LogP contribution in [-0.4, -0.2) is 5.91 Å². The lowest BCUT2D eigenvalue weighted by atomic mass is 9.73. The Morgan fingerprint density at radius 3 is 2.32 bits per heavy atom. The lowest BCUT2D eigenvalue weighted by molar-refractivity contribution is 0.1000. The van der Waals surface area contributed by atoms with Gasteiger partial charge in [0.25, 0.3) is 0 Å². The summed E-state index contributed by atoms with van der Waals surface area (Å²) in [4.78, 5) is 11.1. The molecular weight excluding hydrogens is 317 g/mol. The molecule has 0 radical (unpaired) electrons. The van der Waals surface area contributed by atoms with Crippen LogP contribution in [0.4, 0.5) is 4.39 Å². The minimum absolute atomic E-state index is 0.0566. The quantitative estimate of drug-likeness (QED) is 0.658. The van der Waals surface area contributed by atoms with E-state index < -0.39 is 11.7 Å². The molecule has 2 aromatic rings. The maximum atomic E-state index is 14.0. The summed E-state index contributed by atoms with van der Waals surface area (Å²) in [5, 5.41) is 0. The topological polar surface area (TPSA) is 52.3 Å². The van der Waals surface area contributed by atoms with Crippen molar-refractivity contribution in [2.75, 3.05) is 0 Å². The fourth-order valence-electron chi connectivity index (χ4n) is 3.08. The third-order valence-electron chi connectivity index (χ3n) is 4.80. The lowest BCUT2D eigenvalue weighted by Crippen LogP contribution is -2.23. The molecule has 4 heteroatoms. The maximum Gasteiger partial charge on any atom is 0.248 e. The highest BCUT2D eigenvalue weighted by Crippen LogP contribution is 2.37. The zero-order chi connectivity index (χ0) is 18.4. The van der Waals surface area contributed by atoms with E-state index in [1.807, 2.05) is 30.3 Å². The minimum Gasteiger partial charge on any atom is -0.454 e. The van der Waals surface area contributed by atoms with Crippen molar-refractivity contribution in [2.45, 2.75) is 38.5 Å². The first-order valence-corrected chi connectivity index (χ1v) is 8.44. The third kappa shape index (κ3) is 4.08. The molecule has 0 atom stereocenters. The first kappa shape index (κ1) is 18.7. The van der Waals surface area contributed by atoms with Gasteiger partial charge in [-0.3, -0.25) is 4.79 Å². The van der Waals surface area contributed by atoms with Crippen molar-refractivity contribution >= 4 is 5.91 Å². The second-order valence-electron chi connectivity index (χ2n) is 6.12. The molecule has 0 fully saturated rings. The Hall–Kier alpha value is -2.62. The van der Waals surface area contributed by atoms with Crippen molar-refractivity contribution in [3.63, 3.8) is 0 Å². The van der Waals surface area contributed by atoms with Gasteiger partial charge in [0.2, 0.25) is 5.91 Å². The Kier molecular flexibility index (Phi) is 5.97. The Bertz CT molecular complexity index is 749. The fraction of sp³-hybridized carbons (Fsp3) is 0.286. The summed E-state index contributed by atoms with van der Waals surface area (Å²) in [6, 6.07) is 11.6. The summed E-state index contributed by atoms with van der Waals surface area (Å²) in [6.07, 6.45) is 4.88. The number of carbonyl (C=O) groups is 1. The zero-order valence-corrected chi connectivity index (χ0v) is 14.7. The molecule has 132 valence electrons. The highest BCUT2D eigenvalue weighted by atomic mass is 19.1. The van der Waals surface area contributed by atoms with Crippen LogP contribution < -0.4 is 10.5 Å². The van der Waals surface area contributed by atoms with Crippen molar-refractivity contribution in [3.05, 3.63) is 72.1 Å². The predicted octanol–water partition coefficient (Wildman–Crippen LogP) is 5.35. The molecule has 0 aliphatic heterocycles. The van der Waals surface area contributed by atoms with E-state index in [9.17, 15) is 9.18 Å². The monoisotopic (exact) mass is 341 g/mol. The third-order valence-corrected chi connectivity index (χ3v) is 4.80. The van der Waals surface area contributed by atoms with Gasteiger partial charge in [-0.05, 0) is 60.6 Å². The molecule has 0 unspecified atom stereocenters. The molecule has 2 rings (SSSR count). The number of halogens is 1. The minimum atomic E-state index is -0.674. The van der Waals surface area contributed by atoms with Crippen molar-refractivity contribution < 1.29 is 13.9 Å². The van der Waals surface area contributed by atoms with Crippen LogP contribution in [0.25, 0.3) is 0 Å². The predicted molar refractivity (Wildman–Crippen MR) is 98.5 cm³/mol. The summed E-state index contributed by atoms with van der Waals surface area (Å²) in [5.41, 5.74) is 6.53. The number of ether oxygens (including phenoxy) is 1. The highest BCUT2D eigenvalue weighted by Gasteiger charge is 2.26. The van der Waals surface area contributed by atoms with Crippen molar-refractivity contribution in [2.24, 2.45) is 5.73 Å². The number of nitrogens with two attached hydrogens (primary N) is 1. The summed E-state index contributed by atoms with van der Waals surface area (Å²) in [5.74, 6) is -0.703. The van der Waals surface area contributed by atoms with Gasteiger partial charge in [-0.2, -0.15) is 0 Å². The van der Waals surface area contributed by atoms with Crippen molar-refractivity contribution in [3.8, 4) is 11.5 Å². The van der Waals surface area contributed by atoms with Gasteiger partial charge >= 0.3 is 0 Å². The van der Waals surface area contributed by atoms with Crippen molar-refractivity contribution in [1.82, 2.24) is 0 Å². The lowest BCUT2D eigenvalue weighted by Gasteiger charge is -2.31. The molecule has 0 aliphatic rings. The first-order valence-electron chi connectivity index (χ1n) is 8.44. The number of rotatable bonds is 8. The van der Waals surface area contributed by atoms with E-state index >= 15 is 0 Å². The van der Waals surface area contributed by atoms with E-state index in [2.05, 4.69) is 20.4 Å². The molecule has 0 aromatic heterocycles. The molecule has 0 saturated heterocycles. The number of allylic oxidation sites excluding steroid dienone is 1. The van der Waals surface area contributed by atoms with E-state index in [0.29, 0.717) is 5.75 Å². The van der Waals surface area contributed by atoms with Gasteiger partial charge in [0, 0.05) is 5.56 Å². The largest absolute Gasteiger partial charge is 0.454 e. The zero-order valence-electron chi connectivity index (χ0n) is 14.7. The van der Waals surface area contributed by atoms with E-state index in [1.54, 1.807) is 0 Å². The first-order chi connectivity index (χ1) is 12.0. The number of hydrogen-bond donors (Lipinski definition) is 1. The SMILES string of the molecule is C=CCC(CC)(CC)c1ccc(Oc2ccc(C(N)=O)cc2F)cc1. The molecule has 0 bridgehead atoms. The smallest absolute Gasteiger partial charge is 0.248 e. The Morgan fingerprint density at radius 1 is 1.20 bits per heavy atom. The Labute approximate surface area is 148 Å². The van der Waals surface area contributed by atoms with Crippen molar-refractivity contribution in [1.29, 1.82) is 0 Å².